The maximum Gasteiger partial charge on any atom is 0.236 e. The number of carbonyl (C=O) groups is 2. The number of amides is 1. The van der Waals surface area contributed by atoms with Gasteiger partial charge in [-0.15, -0.1) is 0 Å². The Morgan fingerprint density at radius 2 is 1.94 bits per heavy atom. The largest absolute Gasteiger partial charge is 0.297 e. The molecule has 5 nitrogen and oxygen atoms in total. The molecule has 1 aliphatic rings. The van der Waals surface area contributed by atoms with E-state index < -0.39 is 0 Å². The van der Waals surface area contributed by atoms with Crippen LogP contribution in [0.15, 0.2) is 36.4 Å². The first-order valence-corrected chi connectivity index (χ1v) is 5.67. The molecule has 1 aromatic heterocycles. The molecule has 1 amide bonds. The predicted molar refractivity (Wildman–Crippen MR) is 66.0 cm³/mol. The van der Waals surface area contributed by atoms with E-state index in [4.69, 9.17) is 0 Å². The van der Waals surface area contributed by atoms with Crippen LogP contribution in [0, 0.1) is 0 Å². The third-order valence-corrected chi connectivity index (χ3v) is 2.91. The summed E-state index contributed by atoms with van der Waals surface area (Å²) < 4.78 is 0. The Bertz CT molecular complexity index is 604. The van der Waals surface area contributed by atoms with E-state index in [-0.39, 0.29) is 24.7 Å². The Morgan fingerprint density at radius 1 is 1.17 bits per heavy atom. The lowest BCUT2D eigenvalue weighted by molar-refractivity contribution is -0.121. The molecule has 0 aliphatic carbocycles. The molecule has 0 saturated carbocycles. The van der Waals surface area contributed by atoms with E-state index in [2.05, 4.69) is 10.2 Å². The average Bonchev–Trinajstić information content (AvgIpc) is 2.97. The van der Waals surface area contributed by atoms with E-state index in [0.29, 0.717) is 5.82 Å². The fourth-order valence-corrected chi connectivity index (χ4v) is 2.01. The van der Waals surface area contributed by atoms with Gasteiger partial charge in [-0.1, -0.05) is 30.3 Å². The molecule has 0 radical (unpaired) electrons. The first-order valence-electron chi connectivity index (χ1n) is 5.67. The van der Waals surface area contributed by atoms with Crippen molar-refractivity contribution < 1.29 is 9.59 Å². The zero-order valence-corrected chi connectivity index (χ0v) is 9.59. The van der Waals surface area contributed by atoms with Crippen molar-refractivity contribution in [2.75, 3.05) is 11.4 Å². The van der Waals surface area contributed by atoms with Gasteiger partial charge in [-0.2, -0.15) is 5.10 Å². The van der Waals surface area contributed by atoms with Crippen molar-refractivity contribution in [2.24, 2.45) is 0 Å². The van der Waals surface area contributed by atoms with Crippen molar-refractivity contribution in [3.63, 3.8) is 0 Å². The number of aromatic nitrogens is 2. The minimum atomic E-state index is -0.189. The molecule has 5 heteroatoms. The summed E-state index contributed by atoms with van der Waals surface area (Å²) in [6.07, 6.45) is -0.0203. The molecule has 1 fully saturated rings. The minimum Gasteiger partial charge on any atom is -0.297 e. The Labute approximate surface area is 103 Å². The van der Waals surface area contributed by atoms with Gasteiger partial charge in [-0.3, -0.25) is 19.6 Å². The Morgan fingerprint density at radius 3 is 2.61 bits per heavy atom. The molecule has 0 spiro atoms. The van der Waals surface area contributed by atoms with Gasteiger partial charge in [-0.25, -0.2) is 0 Å². The monoisotopic (exact) mass is 241 g/mol. The molecule has 0 unspecified atom stereocenters. The van der Waals surface area contributed by atoms with E-state index in [1.807, 2.05) is 30.3 Å². The first kappa shape index (κ1) is 10.7. The van der Waals surface area contributed by atoms with Gasteiger partial charge in [0, 0.05) is 6.07 Å². The molecule has 2 aromatic rings. The van der Waals surface area contributed by atoms with Crippen molar-refractivity contribution in [2.45, 2.75) is 6.42 Å². The van der Waals surface area contributed by atoms with Crippen LogP contribution in [0.3, 0.4) is 0 Å². The summed E-state index contributed by atoms with van der Waals surface area (Å²) in [5, 5.41) is 6.97. The van der Waals surface area contributed by atoms with E-state index in [0.717, 1.165) is 11.3 Å². The summed E-state index contributed by atoms with van der Waals surface area (Å²) in [5.74, 6) is 0.250. The number of hydrogen-bond donors (Lipinski definition) is 1. The lowest BCUT2D eigenvalue weighted by Crippen LogP contribution is -2.24. The maximum absolute atomic E-state index is 11.6. The van der Waals surface area contributed by atoms with Crippen molar-refractivity contribution >= 4 is 17.5 Å². The van der Waals surface area contributed by atoms with Crippen LogP contribution in [0.2, 0.25) is 0 Å². The first-order chi connectivity index (χ1) is 8.74. The topological polar surface area (TPSA) is 66.1 Å². The molecule has 2 heterocycles. The van der Waals surface area contributed by atoms with E-state index in [9.17, 15) is 9.59 Å². The van der Waals surface area contributed by atoms with Crippen molar-refractivity contribution in [1.29, 1.82) is 0 Å². The third kappa shape index (κ3) is 1.79. The van der Waals surface area contributed by atoms with Crippen LogP contribution in [0.25, 0.3) is 11.3 Å². The molecule has 18 heavy (non-hydrogen) atoms. The standard InChI is InChI=1S/C13H11N3O2/c17-10-6-13(18)16(8-10)12-7-11(14-15-12)9-4-2-1-3-5-9/h1-5,7H,6,8H2,(H,14,15). The summed E-state index contributed by atoms with van der Waals surface area (Å²) in [6, 6.07) is 11.5. The molecule has 3 rings (SSSR count). The lowest BCUT2D eigenvalue weighted by Gasteiger charge is -2.09. The Hall–Kier alpha value is -2.43. The smallest absolute Gasteiger partial charge is 0.236 e. The number of H-pyrrole nitrogens is 1. The molecule has 1 saturated heterocycles. The molecular weight excluding hydrogens is 230 g/mol. The quantitative estimate of drug-likeness (QED) is 0.808. The summed E-state index contributed by atoms with van der Waals surface area (Å²) in [6.45, 7) is 0.123. The van der Waals surface area contributed by atoms with Crippen LogP contribution in [0.4, 0.5) is 5.82 Å². The van der Waals surface area contributed by atoms with Gasteiger partial charge < -0.3 is 0 Å². The van der Waals surface area contributed by atoms with Gasteiger partial charge >= 0.3 is 0 Å². The summed E-state index contributed by atoms with van der Waals surface area (Å²) in [4.78, 5) is 24.2. The molecule has 1 aliphatic heterocycles. The predicted octanol–water partition coefficient (Wildman–Crippen LogP) is 1.38. The number of hydrogen-bond acceptors (Lipinski definition) is 3. The lowest BCUT2D eigenvalue weighted by atomic mass is 10.1. The van der Waals surface area contributed by atoms with E-state index >= 15 is 0 Å². The number of aromatic amines is 1. The molecule has 0 bridgehead atoms. The zero-order valence-electron chi connectivity index (χ0n) is 9.59. The SMILES string of the molecule is O=C1CC(=O)N(c2cc(-c3ccccc3)[nH]n2)C1. The highest BCUT2D eigenvalue weighted by Gasteiger charge is 2.30. The fourth-order valence-electron chi connectivity index (χ4n) is 2.01. The van der Waals surface area contributed by atoms with Gasteiger partial charge in [0.15, 0.2) is 11.6 Å². The second-order valence-corrected chi connectivity index (χ2v) is 4.20. The van der Waals surface area contributed by atoms with Crippen LogP contribution >= 0.6 is 0 Å². The number of Topliss-reactive ketones (excluding diaryl/α,β-unsaturated/α-hetero) is 1. The highest BCUT2D eigenvalue weighted by molar-refractivity contribution is 6.14. The maximum atomic E-state index is 11.6. The molecular formula is C13H11N3O2. The number of ketones is 1. The number of nitrogens with one attached hydrogen (secondary N) is 1. The van der Waals surface area contributed by atoms with Crippen LogP contribution in [0.1, 0.15) is 6.42 Å². The van der Waals surface area contributed by atoms with Crippen LogP contribution in [-0.4, -0.2) is 28.4 Å². The number of anilines is 1. The van der Waals surface area contributed by atoms with Crippen molar-refractivity contribution in [3.8, 4) is 11.3 Å². The number of nitrogens with zero attached hydrogens (tertiary/aromatic N) is 2. The number of carbonyl (C=O) groups excluding carboxylic acids is 2. The van der Waals surface area contributed by atoms with Crippen LogP contribution < -0.4 is 4.90 Å². The second-order valence-electron chi connectivity index (χ2n) is 4.20. The highest BCUT2D eigenvalue weighted by atomic mass is 16.2. The number of benzene rings is 1. The fraction of sp³-hybridized carbons (Fsp3) is 0.154. The molecule has 1 aromatic carbocycles. The van der Waals surface area contributed by atoms with Gasteiger partial charge in [0.05, 0.1) is 18.7 Å². The van der Waals surface area contributed by atoms with E-state index in [1.165, 1.54) is 4.90 Å². The molecule has 0 atom stereocenters. The summed E-state index contributed by atoms with van der Waals surface area (Å²) in [7, 11) is 0. The minimum absolute atomic E-state index is 0.0203. The third-order valence-electron chi connectivity index (χ3n) is 2.91. The normalized spacial score (nSPS) is 15.4. The summed E-state index contributed by atoms with van der Waals surface area (Å²) >= 11 is 0. The number of rotatable bonds is 2. The Kier molecular flexibility index (Phi) is 2.44. The van der Waals surface area contributed by atoms with Crippen molar-refractivity contribution in [1.82, 2.24) is 10.2 Å². The van der Waals surface area contributed by atoms with Crippen LogP contribution in [0.5, 0.6) is 0 Å². The Balaban J connectivity index is 1.91. The zero-order chi connectivity index (χ0) is 12.5. The average molecular weight is 241 g/mol. The van der Waals surface area contributed by atoms with Crippen LogP contribution in [-0.2, 0) is 9.59 Å². The van der Waals surface area contributed by atoms with Gasteiger partial charge in [0.2, 0.25) is 5.91 Å². The van der Waals surface area contributed by atoms with Gasteiger partial charge in [-0.05, 0) is 5.56 Å². The second kappa shape index (κ2) is 4.10. The van der Waals surface area contributed by atoms with Gasteiger partial charge in [0.1, 0.15) is 0 Å². The van der Waals surface area contributed by atoms with E-state index in [1.54, 1.807) is 6.07 Å². The molecule has 1 N–H and O–H groups in total. The molecule has 90 valence electrons. The summed E-state index contributed by atoms with van der Waals surface area (Å²) in [5.41, 5.74) is 1.83. The highest BCUT2D eigenvalue weighted by Crippen LogP contribution is 2.23. The van der Waals surface area contributed by atoms with Crippen molar-refractivity contribution in [3.05, 3.63) is 36.4 Å². The van der Waals surface area contributed by atoms with Gasteiger partial charge in [0.25, 0.3) is 0 Å².